The normalized spacial score (nSPS) is 21.7. The summed E-state index contributed by atoms with van der Waals surface area (Å²) in [5, 5.41) is 14.2. The zero-order chi connectivity index (χ0) is 16.6. The molecule has 1 N–H and O–H groups in total. The molecule has 0 unspecified atom stereocenters. The van der Waals surface area contributed by atoms with Crippen molar-refractivity contribution in [3.63, 3.8) is 0 Å². The summed E-state index contributed by atoms with van der Waals surface area (Å²) in [5.41, 5.74) is 0.873. The van der Waals surface area contributed by atoms with Crippen LogP contribution in [0.5, 0.6) is 5.75 Å². The van der Waals surface area contributed by atoms with E-state index < -0.39 is 6.10 Å². The van der Waals surface area contributed by atoms with Crippen LogP contribution in [0, 0.1) is 0 Å². The minimum absolute atomic E-state index is 0.00511. The molecule has 0 amide bonds. The lowest BCUT2D eigenvalue weighted by Gasteiger charge is -2.23. The SMILES string of the molecule is COc1cccc([C@@H]2C[C@H](O)CN2c2noc(C(C)(C)C)n2)c1. The number of β-amino-alcohol motifs (C(OH)–C–C–N with tert-alkyl or cyclic N) is 1. The lowest BCUT2D eigenvalue weighted by Crippen LogP contribution is -2.25. The predicted molar refractivity (Wildman–Crippen MR) is 86.7 cm³/mol. The number of hydrogen-bond donors (Lipinski definition) is 1. The number of benzene rings is 1. The van der Waals surface area contributed by atoms with Crippen molar-refractivity contribution in [2.75, 3.05) is 18.6 Å². The van der Waals surface area contributed by atoms with Crippen molar-refractivity contribution in [3.8, 4) is 5.75 Å². The maximum absolute atomic E-state index is 10.1. The van der Waals surface area contributed by atoms with Gasteiger partial charge in [0.15, 0.2) is 0 Å². The van der Waals surface area contributed by atoms with E-state index in [1.165, 1.54) is 0 Å². The molecule has 23 heavy (non-hydrogen) atoms. The van der Waals surface area contributed by atoms with E-state index in [2.05, 4.69) is 10.1 Å². The average molecular weight is 317 g/mol. The monoisotopic (exact) mass is 317 g/mol. The molecule has 1 aromatic heterocycles. The van der Waals surface area contributed by atoms with Gasteiger partial charge in [-0.2, -0.15) is 4.98 Å². The van der Waals surface area contributed by atoms with E-state index in [0.29, 0.717) is 24.8 Å². The minimum Gasteiger partial charge on any atom is -0.497 e. The molecule has 1 fully saturated rings. The number of aromatic nitrogens is 2. The Labute approximate surface area is 136 Å². The summed E-state index contributed by atoms with van der Waals surface area (Å²) in [4.78, 5) is 6.52. The van der Waals surface area contributed by atoms with Crippen LogP contribution in [0.3, 0.4) is 0 Å². The summed E-state index contributed by atoms with van der Waals surface area (Å²) < 4.78 is 10.7. The number of methoxy groups -OCH3 is 1. The second-order valence-electron chi connectivity index (χ2n) is 6.98. The largest absolute Gasteiger partial charge is 0.497 e. The molecule has 1 aliphatic heterocycles. The van der Waals surface area contributed by atoms with Gasteiger partial charge in [0, 0.05) is 12.0 Å². The summed E-state index contributed by atoms with van der Waals surface area (Å²) in [6, 6.07) is 7.88. The van der Waals surface area contributed by atoms with Gasteiger partial charge in [0.1, 0.15) is 5.75 Å². The minimum atomic E-state index is -0.414. The van der Waals surface area contributed by atoms with Crippen molar-refractivity contribution in [1.82, 2.24) is 10.1 Å². The van der Waals surface area contributed by atoms with Gasteiger partial charge in [-0.1, -0.05) is 32.9 Å². The van der Waals surface area contributed by atoms with Crippen LogP contribution < -0.4 is 9.64 Å². The number of ether oxygens (including phenoxy) is 1. The van der Waals surface area contributed by atoms with Gasteiger partial charge < -0.3 is 19.3 Å². The smallest absolute Gasteiger partial charge is 0.266 e. The van der Waals surface area contributed by atoms with Crippen LogP contribution in [-0.2, 0) is 5.41 Å². The van der Waals surface area contributed by atoms with Crippen molar-refractivity contribution in [2.45, 2.75) is 44.8 Å². The van der Waals surface area contributed by atoms with Crippen LogP contribution >= 0.6 is 0 Å². The quantitative estimate of drug-likeness (QED) is 0.938. The molecular formula is C17H23N3O3. The highest BCUT2D eigenvalue weighted by atomic mass is 16.5. The maximum atomic E-state index is 10.1. The van der Waals surface area contributed by atoms with Gasteiger partial charge in [0.05, 0.1) is 19.3 Å². The standard InChI is InChI=1S/C17H23N3O3/c1-17(2,3)15-18-16(19-23-15)20-10-12(21)9-14(20)11-6-5-7-13(8-11)22-4/h5-8,12,14,21H,9-10H2,1-4H3/t12-,14-/m0/s1. The van der Waals surface area contributed by atoms with Crippen LogP contribution in [0.2, 0.25) is 0 Å². The van der Waals surface area contributed by atoms with Gasteiger partial charge in [-0.15, -0.1) is 0 Å². The van der Waals surface area contributed by atoms with Gasteiger partial charge in [0.2, 0.25) is 5.89 Å². The predicted octanol–water partition coefficient (Wildman–Crippen LogP) is 2.69. The summed E-state index contributed by atoms with van der Waals surface area (Å²) in [6.45, 7) is 6.58. The lowest BCUT2D eigenvalue weighted by molar-refractivity contribution is 0.194. The Bertz CT molecular complexity index is 678. The van der Waals surface area contributed by atoms with E-state index in [1.54, 1.807) is 7.11 Å². The van der Waals surface area contributed by atoms with E-state index in [4.69, 9.17) is 9.26 Å². The highest BCUT2D eigenvalue weighted by Gasteiger charge is 2.36. The third-order valence-corrected chi connectivity index (χ3v) is 4.07. The number of aliphatic hydroxyl groups excluding tert-OH is 1. The van der Waals surface area contributed by atoms with Crippen molar-refractivity contribution in [2.24, 2.45) is 0 Å². The third kappa shape index (κ3) is 3.17. The van der Waals surface area contributed by atoms with E-state index in [9.17, 15) is 5.11 Å². The van der Waals surface area contributed by atoms with E-state index >= 15 is 0 Å². The van der Waals surface area contributed by atoms with Gasteiger partial charge in [-0.3, -0.25) is 0 Å². The molecular weight excluding hydrogens is 294 g/mol. The Morgan fingerprint density at radius 1 is 1.35 bits per heavy atom. The molecule has 0 radical (unpaired) electrons. The van der Waals surface area contributed by atoms with Crippen LogP contribution in [0.4, 0.5) is 5.95 Å². The van der Waals surface area contributed by atoms with Crippen molar-refractivity contribution < 1.29 is 14.4 Å². The summed E-state index contributed by atoms with van der Waals surface area (Å²) in [5.74, 6) is 1.92. The number of nitrogens with zero attached hydrogens (tertiary/aromatic N) is 3. The van der Waals surface area contributed by atoms with Crippen LogP contribution in [0.1, 0.15) is 44.7 Å². The Kier molecular flexibility index (Phi) is 4.02. The van der Waals surface area contributed by atoms with Crippen LogP contribution in [0.25, 0.3) is 0 Å². The number of aliphatic hydroxyl groups is 1. The summed E-state index contributed by atoms with van der Waals surface area (Å²) in [7, 11) is 1.65. The first-order chi connectivity index (χ1) is 10.9. The fourth-order valence-electron chi connectivity index (χ4n) is 2.84. The first kappa shape index (κ1) is 15.8. The highest BCUT2D eigenvalue weighted by molar-refractivity contribution is 5.41. The van der Waals surface area contributed by atoms with Gasteiger partial charge in [-0.25, -0.2) is 0 Å². The maximum Gasteiger partial charge on any atom is 0.266 e. The molecule has 1 saturated heterocycles. The number of anilines is 1. The fraction of sp³-hybridized carbons (Fsp3) is 0.529. The van der Waals surface area contributed by atoms with E-state index in [0.717, 1.165) is 11.3 Å². The molecule has 2 heterocycles. The Balaban J connectivity index is 1.92. The average Bonchev–Trinajstić information content (AvgIpc) is 3.13. The summed E-state index contributed by atoms with van der Waals surface area (Å²) in [6.07, 6.45) is 0.217. The number of hydrogen-bond acceptors (Lipinski definition) is 6. The third-order valence-electron chi connectivity index (χ3n) is 4.07. The zero-order valence-electron chi connectivity index (χ0n) is 14.0. The van der Waals surface area contributed by atoms with Crippen LogP contribution in [0.15, 0.2) is 28.8 Å². The molecule has 0 spiro atoms. The molecule has 2 aromatic rings. The molecule has 2 atom stereocenters. The molecule has 6 heteroatoms. The highest BCUT2D eigenvalue weighted by Crippen LogP contribution is 2.36. The first-order valence-electron chi connectivity index (χ1n) is 7.81. The zero-order valence-corrected chi connectivity index (χ0v) is 14.0. The van der Waals surface area contributed by atoms with E-state index in [1.807, 2.05) is 49.9 Å². The van der Waals surface area contributed by atoms with Crippen molar-refractivity contribution >= 4 is 5.95 Å². The fourth-order valence-corrected chi connectivity index (χ4v) is 2.84. The molecule has 3 rings (SSSR count). The lowest BCUT2D eigenvalue weighted by atomic mass is 9.97. The Morgan fingerprint density at radius 3 is 2.78 bits per heavy atom. The van der Waals surface area contributed by atoms with Crippen LogP contribution in [-0.4, -0.2) is 35.0 Å². The Hall–Kier alpha value is -2.08. The van der Waals surface area contributed by atoms with E-state index in [-0.39, 0.29) is 11.5 Å². The molecule has 0 aliphatic carbocycles. The first-order valence-corrected chi connectivity index (χ1v) is 7.81. The van der Waals surface area contributed by atoms with Gasteiger partial charge >= 0.3 is 0 Å². The second kappa shape index (κ2) is 5.85. The molecule has 6 nitrogen and oxygen atoms in total. The van der Waals surface area contributed by atoms with Crippen molar-refractivity contribution in [1.29, 1.82) is 0 Å². The van der Waals surface area contributed by atoms with Crippen molar-refractivity contribution in [3.05, 3.63) is 35.7 Å². The molecule has 0 saturated carbocycles. The number of rotatable bonds is 3. The van der Waals surface area contributed by atoms with Gasteiger partial charge in [0.25, 0.3) is 5.95 Å². The molecule has 124 valence electrons. The van der Waals surface area contributed by atoms with Gasteiger partial charge in [-0.05, 0) is 29.3 Å². The topological polar surface area (TPSA) is 71.6 Å². The Morgan fingerprint density at radius 2 is 2.13 bits per heavy atom. The summed E-state index contributed by atoms with van der Waals surface area (Å²) >= 11 is 0. The molecule has 1 aliphatic rings. The second-order valence-corrected chi connectivity index (χ2v) is 6.98. The molecule has 0 bridgehead atoms. The molecule has 1 aromatic carbocycles.